The lowest BCUT2D eigenvalue weighted by molar-refractivity contribution is -0.125. The van der Waals surface area contributed by atoms with Crippen molar-refractivity contribution in [1.82, 2.24) is 9.97 Å². The van der Waals surface area contributed by atoms with Gasteiger partial charge in [-0.2, -0.15) is 0 Å². The van der Waals surface area contributed by atoms with Crippen molar-refractivity contribution >= 4 is 17.5 Å². The second-order valence-corrected chi connectivity index (χ2v) is 3.43. The zero-order chi connectivity index (χ0) is 13.5. The first-order chi connectivity index (χ1) is 8.60. The molecular weight excluding hydrogens is 238 g/mol. The molecule has 0 aromatic carbocycles. The first kappa shape index (κ1) is 14.0. The van der Waals surface area contributed by atoms with Gasteiger partial charge in [0.1, 0.15) is 12.4 Å². The average Bonchev–Trinajstić information content (AvgIpc) is 2.36. The van der Waals surface area contributed by atoms with Crippen molar-refractivity contribution in [3.63, 3.8) is 0 Å². The Bertz CT molecular complexity index is 412. The molecule has 0 fully saturated rings. The molecule has 0 radical (unpaired) electrons. The third-order valence-electron chi connectivity index (χ3n) is 2.14. The molecule has 18 heavy (non-hydrogen) atoms. The largest absolute Gasteiger partial charge is 0.490 e. The van der Waals surface area contributed by atoms with Gasteiger partial charge in [-0.05, 0) is 6.92 Å². The average molecular weight is 255 g/mol. The fraction of sp³-hybridized carbons (Fsp3) is 0.500. The highest BCUT2D eigenvalue weighted by Crippen LogP contribution is 2.28. The smallest absolute Gasteiger partial charge is 0.248 e. The first-order valence-electron chi connectivity index (χ1n) is 5.44. The number of carbonyl (C=O) groups is 1. The van der Waals surface area contributed by atoms with Crippen LogP contribution in [0.15, 0.2) is 6.33 Å². The van der Waals surface area contributed by atoms with Crippen LogP contribution in [-0.4, -0.2) is 47.3 Å². The summed E-state index contributed by atoms with van der Waals surface area (Å²) >= 11 is 0. The number of amides is 1. The summed E-state index contributed by atoms with van der Waals surface area (Å²) in [6.07, 6.45) is 0.0618. The minimum Gasteiger partial charge on any atom is -0.490 e. The van der Waals surface area contributed by atoms with E-state index in [0.717, 1.165) is 0 Å². The number of methoxy groups -OCH3 is 1. The molecule has 0 aliphatic heterocycles. The molecule has 0 saturated heterocycles. The molecule has 0 bridgehead atoms. The van der Waals surface area contributed by atoms with Crippen molar-refractivity contribution in [2.24, 2.45) is 5.73 Å². The van der Waals surface area contributed by atoms with E-state index in [1.807, 2.05) is 6.92 Å². The van der Waals surface area contributed by atoms with Gasteiger partial charge in [0.15, 0.2) is 11.6 Å². The van der Waals surface area contributed by atoms with Gasteiger partial charge in [0.05, 0.1) is 13.7 Å². The fourth-order valence-corrected chi connectivity index (χ4v) is 1.28. The van der Waals surface area contributed by atoms with Gasteiger partial charge in [0.25, 0.3) is 0 Å². The number of rotatable bonds is 7. The van der Waals surface area contributed by atoms with Crippen molar-refractivity contribution in [3.05, 3.63) is 6.33 Å². The van der Waals surface area contributed by atoms with Gasteiger partial charge in [-0.1, -0.05) is 0 Å². The van der Waals surface area contributed by atoms with Gasteiger partial charge in [-0.15, -0.1) is 0 Å². The Hall–Kier alpha value is -2.09. The molecule has 5 N–H and O–H groups in total. The Morgan fingerprint density at radius 1 is 1.50 bits per heavy atom. The molecule has 8 heteroatoms. The van der Waals surface area contributed by atoms with E-state index in [9.17, 15) is 9.90 Å². The molecular formula is C10H17N5O3. The summed E-state index contributed by atoms with van der Waals surface area (Å²) in [4.78, 5) is 18.7. The number of carbonyl (C=O) groups excluding carboxylic acids is 1. The van der Waals surface area contributed by atoms with Gasteiger partial charge >= 0.3 is 0 Å². The van der Waals surface area contributed by atoms with E-state index in [-0.39, 0.29) is 6.54 Å². The monoisotopic (exact) mass is 255 g/mol. The number of primary amides is 1. The Balaban J connectivity index is 2.81. The maximum atomic E-state index is 10.7. The SMILES string of the molecule is CCNc1ncnc(NCC(O)C(N)=O)c1OC. The number of aromatic nitrogens is 2. The van der Waals surface area contributed by atoms with Gasteiger partial charge in [-0.3, -0.25) is 4.79 Å². The van der Waals surface area contributed by atoms with E-state index in [1.54, 1.807) is 0 Å². The Morgan fingerprint density at radius 3 is 2.61 bits per heavy atom. The standard InChI is InChI=1S/C10H17N5O3/c1-3-12-9-7(18-2)10(15-5-14-9)13-4-6(16)8(11)17/h5-6,16H,3-4H2,1-2H3,(H2,11,17)(H2,12,13,14,15). The number of nitrogens with one attached hydrogen (secondary N) is 2. The van der Waals surface area contributed by atoms with Gasteiger partial charge in [-0.25, -0.2) is 9.97 Å². The lowest BCUT2D eigenvalue weighted by Gasteiger charge is -2.14. The normalized spacial score (nSPS) is 11.7. The number of hydrogen-bond acceptors (Lipinski definition) is 7. The summed E-state index contributed by atoms with van der Waals surface area (Å²) in [6.45, 7) is 2.55. The lowest BCUT2D eigenvalue weighted by atomic mass is 10.3. The summed E-state index contributed by atoms with van der Waals surface area (Å²) in [6, 6.07) is 0. The summed E-state index contributed by atoms with van der Waals surface area (Å²) in [5, 5.41) is 15.1. The quantitative estimate of drug-likeness (QED) is 0.501. The van der Waals surface area contributed by atoms with Crippen LogP contribution in [0, 0.1) is 0 Å². The van der Waals surface area contributed by atoms with Gasteiger partial charge in [0.2, 0.25) is 11.7 Å². The molecule has 1 aromatic rings. The topological polar surface area (TPSA) is 122 Å². The van der Waals surface area contributed by atoms with E-state index < -0.39 is 12.0 Å². The number of nitrogens with two attached hydrogens (primary N) is 1. The zero-order valence-electron chi connectivity index (χ0n) is 10.3. The van der Waals surface area contributed by atoms with Crippen LogP contribution in [0.1, 0.15) is 6.92 Å². The molecule has 0 spiro atoms. The maximum Gasteiger partial charge on any atom is 0.248 e. The van der Waals surface area contributed by atoms with E-state index in [1.165, 1.54) is 13.4 Å². The first-order valence-corrected chi connectivity index (χ1v) is 5.44. The lowest BCUT2D eigenvalue weighted by Crippen LogP contribution is -2.34. The predicted octanol–water partition coefficient (Wildman–Crippen LogP) is -0.825. The molecule has 100 valence electrons. The Labute approximate surface area is 105 Å². The van der Waals surface area contributed by atoms with Crippen LogP contribution in [0.5, 0.6) is 5.75 Å². The molecule has 1 amide bonds. The number of hydrogen-bond donors (Lipinski definition) is 4. The summed E-state index contributed by atoms with van der Waals surface area (Å²) in [5.41, 5.74) is 4.94. The van der Waals surface area contributed by atoms with E-state index in [2.05, 4.69) is 20.6 Å². The molecule has 0 saturated carbocycles. The van der Waals surface area contributed by atoms with Crippen molar-refractivity contribution in [3.8, 4) is 5.75 Å². The summed E-state index contributed by atoms with van der Waals surface area (Å²) in [5.74, 6) is 0.522. The molecule has 1 rings (SSSR count). The minimum absolute atomic E-state index is 0.0473. The molecule has 0 aliphatic carbocycles. The number of anilines is 2. The molecule has 1 atom stereocenters. The van der Waals surface area contributed by atoms with Crippen molar-refractivity contribution in [2.45, 2.75) is 13.0 Å². The van der Waals surface area contributed by atoms with Gasteiger partial charge < -0.3 is 26.2 Å². The van der Waals surface area contributed by atoms with Crippen LogP contribution in [0.2, 0.25) is 0 Å². The highest BCUT2D eigenvalue weighted by atomic mass is 16.5. The Morgan fingerprint density at radius 2 is 2.11 bits per heavy atom. The molecule has 1 heterocycles. The van der Waals surface area contributed by atoms with Crippen LogP contribution in [0.3, 0.4) is 0 Å². The van der Waals surface area contributed by atoms with Crippen molar-refractivity contribution in [1.29, 1.82) is 0 Å². The zero-order valence-corrected chi connectivity index (χ0v) is 10.3. The number of aliphatic hydroxyl groups excluding tert-OH is 1. The van der Waals surface area contributed by atoms with Crippen LogP contribution in [-0.2, 0) is 4.79 Å². The second-order valence-electron chi connectivity index (χ2n) is 3.43. The molecule has 0 aliphatic rings. The summed E-state index contributed by atoms with van der Waals surface area (Å²) < 4.78 is 5.17. The molecule has 8 nitrogen and oxygen atoms in total. The van der Waals surface area contributed by atoms with Crippen molar-refractivity contribution < 1.29 is 14.6 Å². The molecule has 1 unspecified atom stereocenters. The number of ether oxygens (including phenoxy) is 1. The maximum absolute atomic E-state index is 10.7. The van der Waals surface area contributed by atoms with E-state index in [0.29, 0.717) is 23.9 Å². The third kappa shape index (κ3) is 3.45. The van der Waals surface area contributed by atoms with E-state index in [4.69, 9.17) is 10.5 Å². The van der Waals surface area contributed by atoms with Crippen molar-refractivity contribution in [2.75, 3.05) is 30.8 Å². The minimum atomic E-state index is -1.28. The Kier molecular flexibility index (Phi) is 5.12. The highest BCUT2D eigenvalue weighted by molar-refractivity contribution is 5.79. The fourth-order valence-electron chi connectivity index (χ4n) is 1.28. The van der Waals surface area contributed by atoms with Crippen LogP contribution < -0.4 is 21.1 Å². The van der Waals surface area contributed by atoms with Crippen LogP contribution in [0.25, 0.3) is 0 Å². The van der Waals surface area contributed by atoms with Gasteiger partial charge in [0, 0.05) is 6.54 Å². The van der Waals surface area contributed by atoms with Crippen LogP contribution in [0.4, 0.5) is 11.6 Å². The number of aliphatic hydroxyl groups is 1. The molecule has 1 aromatic heterocycles. The summed E-state index contributed by atoms with van der Waals surface area (Å²) in [7, 11) is 1.48. The van der Waals surface area contributed by atoms with Crippen LogP contribution >= 0.6 is 0 Å². The predicted molar refractivity (Wildman–Crippen MR) is 66.4 cm³/mol. The highest BCUT2D eigenvalue weighted by Gasteiger charge is 2.15. The number of nitrogens with zero attached hydrogens (tertiary/aromatic N) is 2. The third-order valence-corrected chi connectivity index (χ3v) is 2.14. The second kappa shape index (κ2) is 6.60. The van der Waals surface area contributed by atoms with E-state index >= 15 is 0 Å².